The lowest BCUT2D eigenvalue weighted by atomic mass is 10.0. The summed E-state index contributed by atoms with van der Waals surface area (Å²) in [5.41, 5.74) is 1.42. The summed E-state index contributed by atoms with van der Waals surface area (Å²) < 4.78 is 36.7. The number of benzene rings is 1. The molecule has 1 fully saturated rings. The van der Waals surface area contributed by atoms with Crippen LogP contribution in [-0.4, -0.2) is 52.9 Å². The molecule has 130 valence electrons. The normalized spacial score (nSPS) is 17.3. The second-order valence-electron chi connectivity index (χ2n) is 6.13. The van der Waals surface area contributed by atoms with Crippen LogP contribution in [0.5, 0.6) is 0 Å². The summed E-state index contributed by atoms with van der Waals surface area (Å²) in [4.78, 5) is 14.1. The van der Waals surface area contributed by atoms with E-state index < -0.39 is 12.6 Å². The molecule has 0 spiro atoms. The minimum atomic E-state index is -4.11. The molecule has 1 amide bonds. The van der Waals surface area contributed by atoms with Crippen molar-refractivity contribution in [2.75, 3.05) is 19.6 Å². The predicted molar refractivity (Wildman–Crippen MR) is 83.7 cm³/mol. The Kier molecular flexibility index (Phi) is 4.75. The molecule has 1 aromatic carbocycles. The number of nitrogens with zero attached hydrogens (tertiary/aromatic N) is 2. The lowest BCUT2D eigenvalue weighted by Crippen LogP contribution is -2.45. The fourth-order valence-electron chi connectivity index (χ4n) is 2.94. The quantitative estimate of drug-likeness (QED) is 0.900. The van der Waals surface area contributed by atoms with Crippen molar-refractivity contribution >= 4 is 16.8 Å². The summed E-state index contributed by atoms with van der Waals surface area (Å²) in [6.07, 6.45) is -1.91. The van der Waals surface area contributed by atoms with E-state index in [-0.39, 0.29) is 18.5 Å². The molecule has 2 aromatic rings. The van der Waals surface area contributed by atoms with Crippen LogP contribution >= 0.6 is 0 Å². The number of alkyl halides is 3. The Bertz CT molecular complexity index is 705. The Morgan fingerprint density at radius 3 is 2.79 bits per heavy atom. The van der Waals surface area contributed by atoms with Crippen molar-refractivity contribution in [3.05, 3.63) is 30.0 Å². The number of aromatic nitrogens is 2. The number of piperidine rings is 1. The molecule has 0 aliphatic carbocycles. The van der Waals surface area contributed by atoms with Gasteiger partial charge in [-0.15, -0.1) is 0 Å². The Balaban J connectivity index is 1.49. The zero-order valence-electron chi connectivity index (χ0n) is 13.1. The molecule has 1 saturated heterocycles. The van der Waals surface area contributed by atoms with E-state index in [1.54, 1.807) is 29.3 Å². The van der Waals surface area contributed by atoms with E-state index in [1.165, 1.54) is 0 Å². The maximum atomic E-state index is 12.3. The van der Waals surface area contributed by atoms with Crippen molar-refractivity contribution in [1.82, 2.24) is 20.4 Å². The van der Waals surface area contributed by atoms with Crippen LogP contribution in [0.15, 0.2) is 24.4 Å². The summed E-state index contributed by atoms with van der Waals surface area (Å²) in [5, 5.41) is 10.6. The Morgan fingerprint density at radius 2 is 2.08 bits per heavy atom. The van der Waals surface area contributed by atoms with Gasteiger partial charge in [-0.25, -0.2) is 0 Å². The van der Waals surface area contributed by atoms with Gasteiger partial charge in [0.25, 0.3) is 5.91 Å². The van der Waals surface area contributed by atoms with Crippen LogP contribution in [0.3, 0.4) is 0 Å². The first kappa shape index (κ1) is 16.8. The highest BCUT2D eigenvalue weighted by molar-refractivity contribution is 5.98. The maximum absolute atomic E-state index is 12.3. The highest BCUT2D eigenvalue weighted by Crippen LogP contribution is 2.21. The molecule has 24 heavy (non-hydrogen) atoms. The van der Waals surface area contributed by atoms with E-state index in [9.17, 15) is 18.0 Å². The number of amides is 1. The number of rotatable bonds is 4. The molecule has 1 aromatic heterocycles. The predicted octanol–water partition coefficient (Wildman–Crippen LogP) is 2.71. The van der Waals surface area contributed by atoms with Crippen molar-refractivity contribution in [3.8, 4) is 0 Å². The van der Waals surface area contributed by atoms with Crippen LogP contribution < -0.4 is 5.32 Å². The molecule has 0 radical (unpaired) electrons. The number of aromatic amines is 1. The first-order valence-electron chi connectivity index (χ1n) is 7.94. The first-order valence-corrected chi connectivity index (χ1v) is 7.94. The van der Waals surface area contributed by atoms with Gasteiger partial charge in [-0.05, 0) is 31.0 Å². The van der Waals surface area contributed by atoms with Gasteiger partial charge < -0.3 is 10.2 Å². The Morgan fingerprint density at radius 1 is 1.33 bits per heavy atom. The van der Waals surface area contributed by atoms with Gasteiger partial charge in [0.05, 0.1) is 18.1 Å². The highest BCUT2D eigenvalue weighted by Gasteiger charge is 2.29. The van der Waals surface area contributed by atoms with Gasteiger partial charge in [-0.2, -0.15) is 18.3 Å². The van der Waals surface area contributed by atoms with E-state index in [4.69, 9.17) is 0 Å². The zero-order valence-corrected chi connectivity index (χ0v) is 13.1. The monoisotopic (exact) mass is 340 g/mol. The van der Waals surface area contributed by atoms with Gasteiger partial charge in [-0.1, -0.05) is 0 Å². The van der Waals surface area contributed by atoms with E-state index in [1.807, 2.05) is 0 Å². The number of halogens is 3. The molecule has 1 aliphatic heterocycles. The standard InChI is InChI=1S/C16H19F3N4O/c17-16(18,19)5-8-23-6-3-13(4-7-23)21-15(24)11-1-2-14-12(9-11)10-20-22-14/h1-2,9-10,13H,3-8H2,(H,20,22)(H,21,24). The number of likely N-dealkylation sites (tertiary alicyclic amines) is 1. The molecule has 0 bridgehead atoms. The molecule has 2 heterocycles. The van der Waals surface area contributed by atoms with E-state index in [0.717, 1.165) is 10.9 Å². The van der Waals surface area contributed by atoms with E-state index in [2.05, 4.69) is 15.5 Å². The number of carbonyl (C=O) groups excluding carboxylic acids is 1. The maximum Gasteiger partial charge on any atom is 0.390 e. The van der Waals surface area contributed by atoms with Crippen molar-refractivity contribution in [2.24, 2.45) is 0 Å². The summed E-state index contributed by atoms with van der Waals surface area (Å²) in [6, 6.07) is 5.30. The van der Waals surface area contributed by atoms with Gasteiger partial charge in [0.1, 0.15) is 0 Å². The van der Waals surface area contributed by atoms with Crippen molar-refractivity contribution in [1.29, 1.82) is 0 Å². The second kappa shape index (κ2) is 6.80. The Hall–Kier alpha value is -2.09. The molecule has 1 aliphatic rings. The minimum Gasteiger partial charge on any atom is -0.349 e. The summed E-state index contributed by atoms with van der Waals surface area (Å²) in [6.45, 7) is 1.17. The van der Waals surface area contributed by atoms with Crippen molar-refractivity contribution < 1.29 is 18.0 Å². The molecule has 3 rings (SSSR count). The molecular formula is C16H19F3N4O. The van der Waals surface area contributed by atoms with E-state index >= 15 is 0 Å². The fraction of sp³-hybridized carbons (Fsp3) is 0.500. The van der Waals surface area contributed by atoms with Gasteiger partial charge >= 0.3 is 6.18 Å². The lowest BCUT2D eigenvalue weighted by Gasteiger charge is -2.32. The molecule has 0 saturated carbocycles. The second-order valence-corrected chi connectivity index (χ2v) is 6.13. The molecule has 0 unspecified atom stereocenters. The molecule has 2 N–H and O–H groups in total. The third-order valence-electron chi connectivity index (χ3n) is 4.34. The molecule has 8 heteroatoms. The molecular weight excluding hydrogens is 321 g/mol. The zero-order chi connectivity index (χ0) is 17.2. The van der Waals surface area contributed by atoms with Crippen LogP contribution in [0.2, 0.25) is 0 Å². The fourth-order valence-corrected chi connectivity index (χ4v) is 2.94. The van der Waals surface area contributed by atoms with Crippen LogP contribution in [0.4, 0.5) is 13.2 Å². The SMILES string of the molecule is O=C(NC1CCN(CCC(F)(F)F)CC1)c1ccc2[nH]ncc2c1. The lowest BCUT2D eigenvalue weighted by molar-refractivity contribution is -0.138. The molecule has 5 nitrogen and oxygen atoms in total. The van der Waals surface area contributed by atoms with Gasteiger partial charge in [0.2, 0.25) is 0 Å². The van der Waals surface area contributed by atoms with Crippen LogP contribution in [-0.2, 0) is 0 Å². The van der Waals surface area contributed by atoms with Gasteiger partial charge in [0, 0.05) is 36.6 Å². The number of carbonyl (C=O) groups is 1. The van der Waals surface area contributed by atoms with Crippen molar-refractivity contribution in [2.45, 2.75) is 31.5 Å². The van der Waals surface area contributed by atoms with Gasteiger partial charge in [-0.3, -0.25) is 9.89 Å². The third kappa shape index (κ3) is 4.25. The largest absolute Gasteiger partial charge is 0.390 e. The first-order chi connectivity index (χ1) is 11.4. The van der Waals surface area contributed by atoms with Crippen LogP contribution in [0, 0.1) is 0 Å². The number of hydrogen-bond donors (Lipinski definition) is 2. The average Bonchev–Trinajstić information content (AvgIpc) is 3.01. The summed E-state index contributed by atoms with van der Waals surface area (Å²) >= 11 is 0. The minimum absolute atomic E-state index is 0.000293. The number of nitrogens with one attached hydrogen (secondary N) is 2. The van der Waals surface area contributed by atoms with Crippen LogP contribution in [0.25, 0.3) is 10.9 Å². The number of fused-ring (bicyclic) bond motifs is 1. The van der Waals surface area contributed by atoms with Crippen molar-refractivity contribution in [3.63, 3.8) is 0 Å². The summed E-state index contributed by atoms with van der Waals surface area (Å²) in [5.74, 6) is -0.160. The smallest absolute Gasteiger partial charge is 0.349 e. The summed E-state index contributed by atoms with van der Waals surface area (Å²) in [7, 11) is 0. The number of hydrogen-bond acceptors (Lipinski definition) is 3. The number of H-pyrrole nitrogens is 1. The van der Waals surface area contributed by atoms with Crippen LogP contribution in [0.1, 0.15) is 29.6 Å². The Labute approximate surface area is 137 Å². The van der Waals surface area contributed by atoms with Gasteiger partial charge in [0.15, 0.2) is 0 Å². The molecule has 0 atom stereocenters. The topological polar surface area (TPSA) is 61.0 Å². The highest BCUT2D eigenvalue weighted by atomic mass is 19.4. The van der Waals surface area contributed by atoms with E-state index in [0.29, 0.717) is 31.5 Å². The average molecular weight is 340 g/mol. The third-order valence-corrected chi connectivity index (χ3v) is 4.34.